The Morgan fingerprint density at radius 2 is 1.82 bits per heavy atom. The zero-order valence-corrected chi connectivity index (χ0v) is 20.6. The van der Waals surface area contributed by atoms with Gasteiger partial charge in [0.05, 0.1) is 5.69 Å². The van der Waals surface area contributed by atoms with E-state index in [9.17, 15) is 0 Å². The molecule has 28 heavy (non-hydrogen) atoms. The minimum atomic E-state index is -1.37. The van der Waals surface area contributed by atoms with E-state index in [1.54, 1.807) is 0 Å². The van der Waals surface area contributed by atoms with Crippen LogP contribution >= 0.6 is 11.8 Å². The molecule has 1 saturated carbocycles. The Bertz CT molecular complexity index is 817. The molecule has 0 amide bonds. The first-order valence-corrected chi connectivity index (χ1v) is 15.1. The highest BCUT2D eigenvalue weighted by molar-refractivity contribution is 8.15. The first-order chi connectivity index (χ1) is 13.1. The maximum absolute atomic E-state index is 5.19. The summed E-state index contributed by atoms with van der Waals surface area (Å²) in [5, 5.41) is 1.24. The van der Waals surface area contributed by atoms with Gasteiger partial charge in [0.25, 0.3) is 0 Å². The molecule has 2 fully saturated rings. The van der Waals surface area contributed by atoms with E-state index >= 15 is 0 Å². The first kappa shape index (κ1) is 21.5. The highest BCUT2D eigenvalue weighted by Gasteiger charge is 2.44. The summed E-state index contributed by atoms with van der Waals surface area (Å²) < 4.78 is 0.416. The number of rotatable bonds is 3. The SMILES string of the molecule is Cc1c(C#C[Si](C)(C)C)ccc(N=C2SC3(CCCC3)CN2CC(C)C)c1C. The number of thioether (sulfide) groups is 1. The van der Waals surface area contributed by atoms with Crippen LogP contribution in [0.3, 0.4) is 0 Å². The molecule has 1 aromatic rings. The first-order valence-electron chi connectivity index (χ1n) is 10.7. The van der Waals surface area contributed by atoms with Crippen molar-refractivity contribution >= 4 is 30.7 Å². The van der Waals surface area contributed by atoms with Gasteiger partial charge in [0.15, 0.2) is 5.17 Å². The van der Waals surface area contributed by atoms with Crippen LogP contribution < -0.4 is 0 Å². The normalized spacial score (nSPS) is 20.3. The summed E-state index contributed by atoms with van der Waals surface area (Å²) in [5.74, 6) is 4.09. The van der Waals surface area contributed by atoms with Gasteiger partial charge >= 0.3 is 0 Å². The lowest BCUT2D eigenvalue weighted by Gasteiger charge is -2.23. The van der Waals surface area contributed by atoms with Crippen molar-refractivity contribution in [2.24, 2.45) is 10.9 Å². The summed E-state index contributed by atoms with van der Waals surface area (Å²) in [5.41, 5.74) is 8.33. The van der Waals surface area contributed by atoms with Crippen molar-refractivity contribution in [3.05, 3.63) is 28.8 Å². The monoisotopic (exact) mass is 412 g/mol. The Morgan fingerprint density at radius 1 is 1.14 bits per heavy atom. The molecular formula is C24H36N2SSi. The molecule has 1 heterocycles. The highest BCUT2D eigenvalue weighted by atomic mass is 32.2. The van der Waals surface area contributed by atoms with E-state index in [2.05, 4.69) is 87.6 Å². The fraction of sp³-hybridized carbons (Fsp3) is 0.625. The van der Waals surface area contributed by atoms with Crippen molar-refractivity contribution in [3.63, 3.8) is 0 Å². The van der Waals surface area contributed by atoms with E-state index in [1.165, 1.54) is 48.5 Å². The molecule has 3 rings (SSSR count). The highest BCUT2D eigenvalue weighted by Crippen LogP contribution is 2.48. The quantitative estimate of drug-likeness (QED) is 0.414. The van der Waals surface area contributed by atoms with Gasteiger partial charge < -0.3 is 4.90 Å². The lowest BCUT2D eigenvalue weighted by atomic mass is 10.0. The van der Waals surface area contributed by atoms with Crippen LogP contribution in [0.5, 0.6) is 0 Å². The molecule has 1 spiro atoms. The Labute approximate surface area is 177 Å². The number of hydrogen-bond donors (Lipinski definition) is 0. The van der Waals surface area contributed by atoms with Crippen molar-refractivity contribution in [1.82, 2.24) is 4.90 Å². The summed E-state index contributed by atoms with van der Waals surface area (Å²) >= 11 is 2.05. The van der Waals surface area contributed by atoms with E-state index in [4.69, 9.17) is 4.99 Å². The molecule has 0 N–H and O–H groups in total. The second-order valence-corrected chi connectivity index (χ2v) is 16.2. The molecular weight excluding hydrogens is 376 g/mol. The van der Waals surface area contributed by atoms with Crippen LogP contribution in [0.25, 0.3) is 0 Å². The molecule has 0 bridgehead atoms. The zero-order chi connectivity index (χ0) is 20.5. The standard InChI is InChI=1S/C24H36N2SSi/c1-18(2)16-26-17-24(13-8-9-14-24)27-23(26)25-22-11-10-21(19(3)20(22)4)12-15-28(5,6)7/h10-11,18H,8-9,13-14,16-17H2,1-7H3. The fourth-order valence-electron chi connectivity index (χ4n) is 4.08. The maximum Gasteiger partial charge on any atom is 0.165 e. The second kappa shape index (κ2) is 8.28. The summed E-state index contributed by atoms with van der Waals surface area (Å²) in [4.78, 5) is 7.74. The zero-order valence-electron chi connectivity index (χ0n) is 18.8. The Morgan fingerprint density at radius 3 is 2.43 bits per heavy atom. The third-order valence-corrected chi connectivity index (χ3v) is 8.08. The lowest BCUT2D eigenvalue weighted by molar-refractivity contribution is 0.346. The average molecular weight is 413 g/mol. The van der Waals surface area contributed by atoms with Crippen LogP contribution in [-0.2, 0) is 0 Å². The van der Waals surface area contributed by atoms with Gasteiger partial charge in [-0.05, 0) is 55.9 Å². The third-order valence-electron chi connectivity index (χ3n) is 5.70. The van der Waals surface area contributed by atoms with Crippen molar-refractivity contribution in [1.29, 1.82) is 0 Å². The predicted octanol–water partition coefficient (Wildman–Crippen LogP) is 6.54. The molecule has 0 atom stereocenters. The predicted molar refractivity (Wildman–Crippen MR) is 128 cm³/mol. The van der Waals surface area contributed by atoms with Gasteiger partial charge in [0.1, 0.15) is 8.07 Å². The van der Waals surface area contributed by atoms with Crippen LogP contribution in [0.4, 0.5) is 5.69 Å². The molecule has 1 aliphatic carbocycles. The number of amidine groups is 1. The van der Waals surface area contributed by atoms with Gasteiger partial charge in [0.2, 0.25) is 0 Å². The van der Waals surface area contributed by atoms with E-state index in [-0.39, 0.29) is 0 Å². The minimum Gasteiger partial charge on any atom is -0.350 e. The molecule has 2 aliphatic rings. The molecule has 0 unspecified atom stereocenters. The number of aliphatic imine (C=N–C) groups is 1. The fourth-order valence-corrected chi connectivity index (χ4v) is 6.11. The summed E-state index contributed by atoms with van der Waals surface area (Å²) in [6, 6.07) is 4.35. The number of hydrogen-bond acceptors (Lipinski definition) is 2. The van der Waals surface area contributed by atoms with Gasteiger partial charge in [-0.3, -0.25) is 0 Å². The molecule has 152 valence electrons. The molecule has 1 aliphatic heterocycles. The van der Waals surface area contributed by atoms with Crippen LogP contribution in [0, 0.1) is 31.2 Å². The maximum atomic E-state index is 5.19. The van der Waals surface area contributed by atoms with E-state index in [0.717, 1.165) is 17.8 Å². The van der Waals surface area contributed by atoms with Gasteiger partial charge in [-0.15, -0.1) is 5.54 Å². The summed E-state index contributed by atoms with van der Waals surface area (Å²) in [7, 11) is -1.37. The largest absolute Gasteiger partial charge is 0.350 e. The van der Waals surface area contributed by atoms with Crippen molar-refractivity contribution in [3.8, 4) is 11.5 Å². The van der Waals surface area contributed by atoms with Crippen LogP contribution in [0.1, 0.15) is 56.2 Å². The van der Waals surface area contributed by atoms with Crippen molar-refractivity contribution in [2.45, 2.75) is 77.8 Å². The molecule has 2 nitrogen and oxygen atoms in total. The Kier molecular flexibility index (Phi) is 6.37. The lowest BCUT2D eigenvalue weighted by Crippen LogP contribution is -2.33. The van der Waals surface area contributed by atoms with Crippen molar-refractivity contribution < 1.29 is 0 Å². The van der Waals surface area contributed by atoms with Crippen LogP contribution in [-0.4, -0.2) is 36.0 Å². The molecule has 1 aromatic carbocycles. The topological polar surface area (TPSA) is 15.6 Å². The second-order valence-electron chi connectivity index (χ2n) is 10.0. The molecule has 4 heteroatoms. The van der Waals surface area contributed by atoms with E-state index in [1.807, 2.05) is 0 Å². The van der Waals surface area contributed by atoms with Crippen LogP contribution in [0.15, 0.2) is 17.1 Å². The van der Waals surface area contributed by atoms with Gasteiger partial charge in [-0.25, -0.2) is 4.99 Å². The molecule has 1 saturated heterocycles. The Balaban J connectivity index is 1.92. The number of benzene rings is 1. The van der Waals surface area contributed by atoms with E-state index in [0.29, 0.717) is 10.7 Å². The van der Waals surface area contributed by atoms with Crippen molar-refractivity contribution in [2.75, 3.05) is 13.1 Å². The molecule has 0 aromatic heterocycles. The van der Waals surface area contributed by atoms with E-state index < -0.39 is 8.07 Å². The van der Waals surface area contributed by atoms with Gasteiger partial charge in [-0.2, -0.15) is 0 Å². The van der Waals surface area contributed by atoms with Gasteiger partial charge in [0, 0.05) is 23.4 Å². The minimum absolute atomic E-state index is 0.416. The summed E-state index contributed by atoms with van der Waals surface area (Å²) in [6.45, 7) is 18.2. The van der Waals surface area contributed by atoms with Gasteiger partial charge in [-0.1, -0.05) is 64.0 Å². The number of nitrogens with zero attached hydrogens (tertiary/aromatic N) is 2. The summed E-state index contributed by atoms with van der Waals surface area (Å²) in [6.07, 6.45) is 5.43. The third kappa shape index (κ3) is 5.05. The molecule has 0 radical (unpaired) electrons. The van der Waals surface area contributed by atoms with Crippen LogP contribution in [0.2, 0.25) is 19.6 Å². The average Bonchev–Trinajstić information content (AvgIpc) is 3.17. The Hall–Kier alpha value is -1.18. The smallest absolute Gasteiger partial charge is 0.165 e.